The van der Waals surface area contributed by atoms with E-state index in [0.717, 1.165) is 4.90 Å². The number of hydrogen-bond donors (Lipinski definition) is 1. The minimum atomic E-state index is -1.15. The van der Waals surface area contributed by atoms with Crippen LogP contribution in [0.4, 0.5) is 4.79 Å². The Morgan fingerprint density at radius 3 is 2.72 bits per heavy atom. The van der Waals surface area contributed by atoms with Crippen LogP contribution in [0.1, 0.15) is 16.2 Å². The van der Waals surface area contributed by atoms with Gasteiger partial charge in [-0.25, -0.2) is 14.6 Å². The van der Waals surface area contributed by atoms with Gasteiger partial charge in [0.1, 0.15) is 12.2 Å². The van der Waals surface area contributed by atoms with E-state index in [4.69, 9.17) is 5.11 Å². The van der Waals surface area contributed by atoms with Crippen LogP contribution >= 0.6 is 0 Å². The second-order valence-electron chi connectivity index (χ2n) is 3.94. The molecule has 7 heteroatoms. The Bertz CT molecular complexity index is 529. The van der Waals surface area contributed by atoms with Crippen molar-refractivity contribution in [2.45, 2.75) is 6.54 Å². The number of rotatable bonds is 3. The fourth-order valence-corrected chi connectivity index (χ4v) is 1.67. The molecule has 0 aliphatic carbocycles. The van der Waals surface area contributed by atoms with E-state index in [1.165, 1.54) is 24.1 Å². The predicted molar refractivity (Wildman–Crippen MR) is 59.8 cm³/mol. The standard InChI is InChI=1S/C11H11N3O4/c1-13-6-9(15)14(11(13)18)5-7-3-2-4-8(12-7)10(16)17/h2-4H,5-6H2,1H3,(H,16,17). The average Bonchev–Trinajstić information content (AvgIpc) is 2.56. The van der Waals surface area contributed by atoms with Gasteiger partial charge in [0.05, 0.1) is 12.2 Å². The van der Waals surface area contributed by atoms with Crippen molar-refractivity contribution >= 4 is 17.9 Å². The van der Waals surface area contributed by atoms with E-state index in [2.05, 4.69) is 4.98 Å². The van der Waals surface area contributed by atoms with Crippen LogP contribution in [0.25, 0.3) is 0 Å². The number of carboxylic acid groups (broad SMARTS) is 1. The van der Waals surface area contributed by atoms with Crippen LogP contribution in [-0.2, 0) is 11.3 Å². The van der Waals surface area contributed by atoms with Gasteiger partial charge in [0.15, 0.2) is 0 Å². The van der Waals surface area contributed by atoms with Gasteiger partial charge in [0, 0.05) is 7.05 Å². The highest BCUT2D eigenvalue weighted by Crippen LogP contribution is 2.12. The molecule has 1 fully saturated rings. The first kappa shape index (κ1) is 12.0. The zero-order chi connectivity index (χ0) is 13.3. The highest BCUT2D eigenvalue weighted by Gasteiger charge is 2.33. The highest BCUT2D eigenvalue weighted by atomic mass is 16.4. The Morgan fingerprint density at radius 1 is 1.44 bits per heavy atom. The fraction of sp³-hybridized carbons (Fsp3) is 0.273. The number of urea groups is 1. The van der Waals surface area contributed by atoms with Gasteiger partial charge < -0.3 is 10.0 Å². The SMILES string of the molecule is CN1CC(=O)N(Cc2cccc(C(=O)O)n2)C1=O. The third-order valence-corrected chi connectivity index (χ3v) is 2.58. The lowest BCUT2D eigenvalue weighted by Gasteiger charge is -2.13. The Hall–Kier alpha value is -2.44. The Morgan fingerprint density at radius 2 is 2.17 bits per heavy atom. The molecule has 1 aliphatic heterocycles. The molecule has 1 aromatic heterocycles. The summed E-state index contributed by atoms with van der Waals surface area (Å²) in [5.41, 5.74) is 0.256. The number of nitrogens with zero attached hydrogens (tertiary/aromatic N) is 3. The largest absolute Gasteiger partial charge is 0.477 e. The first-order chi connectivity index (χ1) is 8.49. The van der Waals surface area contributed by atoms with Crippen LogP contribution in [0.15, 0.2) is 18.2 Å². The van der Waals surface area contributed by atoms with Crippen molar-refractivity contribution in [1.29, 1.82) is 0 Å². The van der Waals surface area contributed by atoms with Gasteiger partial charge >= 0.3 is 12.0 Å². The number of imide groups is 1. The number of aromatic nitrogens is 1. The number of aromatic carboxylic acids is 1. The van der Waals surface area contributed by atoms with Gasteiger partial charge in [-0.1, -0.05) is 6.07 Å². The first-order valence-electron chi connectivity index (χ1n) is 5.23. The molecular weight excluding hydrogens is 238 g/mol. The summed E-state index contributed by atoms with van der Waals surface area (Å²) in [7, 11) is 1.53. The number of carbonyl (C=O) groups excluding carboxylic acids is 2. The lowest BCUT2D eigenvalue weighted by atomic mass is 10.3. The number of amides is 3. The summed E-state index contributed by atoms with van der Waals surface area (Å²) in [6.07, 6.45) is 0. The molecule has 1 aliphatic rings. The van der Waals surface area contributed by atoms with Crippen LogP contribution in [0.2, 0.25) is 0 Å². The van der Waals surface area contributed by atoms with Crippen LogP contribution < -0.4 is 0 Å². The molecule has 0 aromatic carbocycles. The van der Waals surface area contributed by atoms with Crippen LogP contribution in [0.5, 0.6) is 0 Å². The van der Waals surface area contributed by atoms with Crippen LogP contribution in [0.3, 0.4) is 0 Å². The third kappa shape index (κ3) is 2.15. The smallest absolute Gasteiger partial charge is 0.354 e. The highest BCUT2D eigenvalue weighted by molar-refractivity contribution is 6.01. The topological polar surface area (TPSA) is 90.8 Å². The van der Waals surface area contributed by atoms with E-state index in [1.54, 1.807) is 6.07 Å². The number of carboxylic acids is 1. The number of hydrogen-bond acceptors (Lipinski definition) is 4. The monoisotopic (exact) mass is 249 g/mol. The Balaban J connectivity index is 2.19. The maximum atomic E-state index is 11.6. The first-order valence-corrected chi connectivity index (χ1v) is 5.23. The maximum absolute atomic E-state index is 11.6. The predicted octanol–water partition coefficient (Wildman–Crippen LogP) is 0.174. The molecule has 0 unspecified atom stereocenters. The fourth-order valence-electron chi connectivity index (χ4n) is 1.67. The molecule has 7 nitrogen and oxygen atoms in total. The summed E-state index contributed by atoms with van der Waals surface area (Å²) in [6.45, 7) is 0.0284. The van der Waals surface area contributed by atoms with E-state index in [9.17, 15) is 14.4 Å². The Labute approximate surface area is 103 Å². The van der Waals surface area contributed by atoms with E-state index < -0.39 is 12.0 Å². The molecule has 1 saturated heterocycles. The Kier molecular flexibility index (Phi) is 2.97. The van der Waals surface area contributed by atoms with Crippen molar-refractivity contribution in [1.82, 2.24) is 14.8 Å². The van der Waals surface area contributed by atoms with Crippen molar-refractivity contribution in [3.8, 4) is 0 Å². The average molecular weight is 249 g/mol. The van der Waals surface area contributed by atoms with Crippen LogP contribution in [0, 0.1) is 0 Å². The van der Waals surface area contributed by atoms with Crippen molar-refractivity contribution in [2.24, 2.45) is 0 Å². The molecule has 18 heavy (non-hydrogen) atoms. The molecule has 0 radical (unpaired) electrons. The quantitative estimate of drug-likeness (QED) is 0.771. The molecule has 0 bridgehead atoms. The summed E-state index contributed by atoms with van der Waals surface area (Å²) in [5.74, 6) is -1.46. The van der Waals surface area contributed by atoms with Crippen molar-refractivity contribution in [2.75, 3.05) is 13.6 Å². The molecule has 0 saturated carbocycles. The molecule has 0 spiro atoms. The maximum Gasteiger partial charge on any atom is 0.354 e. The minimum absolute atomic E-state index is 0.0108. The van der Waals surface area contributed by atoms with Gasteiger partial charge in [-0.05, 0) is 12.1 Å². The molecule has 1 N–H and O–H groups in total. The van der Waals surface area contributed by atoms with Gasteiger partial charge in [-0.15, -0.1) is 0 Å². The lowest BCUT2D eigenvalue weighted by molar-refractivity contribution is -0.125. The van der Waals surface area contributed by atoms with E-state index in [1.807, 2.05) is 0 Å². The van der Waals surface area contributed by atoms with E-state index >= 15 is 0 Å². The number of carbonyl (C=O) groups is 3. The van der Waals surface area contributed by atoms with Gasteiger partial charge in [0.25, 0.3) is 5.91 Å². The molecule has 3 amide bonds. The van der Waals surface area contributed by atoms with Gasteiger partial charge in [0.2, 0.25) is 0 Å². The summed E-state index contributed by atoms with van der Waals surface area (Å²) in [5, 5.41) is 8.80. The summed E-state index contributed by atoms with van der Waals surface area (Å²) in [6, 6.07) is 4.06. The molecule has 0 atom stereocenters. The molecule has 2 rings (SSSR count). The van der Waals surface area contributed by atoms with Gasteiger partial charge in [-0.2, -0.15) is 0 Å². The number of likely N-dealkylation sites (N-methyl/N-ethyl adjacent to an activating group) is 1. The van der Waals surface area contributed by atoms with Crippen molar-refractivity contribution in [3.05, 3.63) is 29.6 Å². The normalized spacial score (nSPS) is 15.4. The summed E-state index contributed by atoms with van der Waals surface area (Å²) < 4.78 is 0. The minimum Gasteiger partial charge on any atom is -0.477 e. The van der Waals surface area contributed by atoms with Gasteiger partial charge in [-0.3, -0.25) is 9.69 Å². The zero-order valence-electron chi connectivity index (χ0n) is 9.66. The molecule has 2 heterocycles. The zero-order valence-corrected chi connectivity index (χ0v) is 9.66. The van der Waals surface area contributed by atoms with E-state index in [-0.39, 0.29) is 24.7 Å². The summed E-state index contributed by atoms with van der Waals surface area (Å²) >= 11 is 0. The van der Waals surface area contributed by atoms with Crippen molar-refractivity contribution in [3.63, 3.8) is 0 Å². The number of pyridine rings is 1. The second kappa shape index (κ2) is 4.44. The van der Waals surface area contributed by atoms with E-state index in [0.29, 0.717) is 5.69 Å². The lowest BCUT2D eigenvalue weighted by Crippen LogP contribution is -2.31. The second-order valence-corrected chi connectivity index (χ2v) is 3.94. The van der Waals surface area contributed by atoms with Crippen LogP contribution in [-0.4, -0.2) is 51.4 Å². The summed E-state index contributed by atoms with van der Waals surface area (Å²) in [4.78, 5) is 40.1. The third-order valence-electron chi connectivity index (χ3n) is 2.58. The molecule has 94 valence electrons. The molecular formula is C11H11N3O4. The molecule has 1 aromatic rings. The van der Waals surface area contributed by atoms with Crippen molar-refractivity contribution < 1.29 is 19.5 Å².